The SMILES string of the molecule is CCc1c(CN)nnn1Cc1cccc(C)c1. The average molecular weight is 230 g/mol. The molecule has 4 nitrogen and oxygen atoms in total. The molecule has 1 aromatic heterocycles. The summed E-state index contributed by atoms with van der Waals surface area (Å²) in [6, 6.07) is 8.44. The fourth-order valence-electron chi connectivity index (χ4n) is 2.02. The lowest BCUT2D eigenvalue weighted by Gasteiger charge is -2.06. The molecule has 0 radical (unpaired) electrons. The van der Waals surface area contributed by atoms with Crippen LogP contribution in [0.3, 0.4) is 0 Å². The highest BCUT2D eigenvalue weighted by Gasteiger charge is 2.09. The Morgan fingerprint density at radius 2 is 2.18 bits per heavy atom. The number of hydrogen-bond acceptors (Lipinski definition) is 3. The lowest BCUT2D eigenvalue weighted by atomic mass is 10.1. The Balaban J connectivity index is 2.27. The molecule has 1 aromatic carbocycles. The van der Waals surface area contributed by atoms with E-state index in [2.05, 4.69) is 48.4 Å². The summed E-state index contributed by atoms with van der Waals surface area (Å²) in [5.41, 5.74) is 10.2. The second-order valence-corrected chi connectivity index (χ2v) is 4.19. The van der Waals surface area contributed by atoms with Crippen LogP contribution in [0, 0.1) is 6.92 Å². The van der Waals surface area contributed by atoms with E-state index in [1.54, 1.807) is 0 Å². The first-order valence-corrected chi connectivity index (χ1v) is 5.91. The van der Waals surface area contributed by atoms with E-state index in [-0.39, 0.29) is 0 Å². The van der Waals surface area contributed by atoms with Crippen LogP contribution in [0.15, 0.2) is 24.3 Å². The third-order valence-electron chi connectivity index (χ3n) is 2.86. The van der Waals surface area contributed by atoms with Crippen molar-refractivity contribution in [1.29, 1.82) is 0 Å². The van der Waals surface area contributed by atoms with E-state index in [9.17, 15) is 0 Å². The van der Waals surface area contributed by atoms with Crippen LogP contribution in [0.1, 0.15) is 29.4 Å². The fraction of sp³-hybridized carbons (Fsp3) is 0.385. The summed E-state index contributed by atoms with van der Waals surface area (Å²) < 4.78 is 1.94. The zero-order valence-corrected chi connectivity index (χ0v) is 10.3. The summed E-state index contributed by atoms with van der Waals surface area (Å²) in [7, 11) is 0. The Bertz CT molecular complexity index is 502. The van der Waals surface area contributed by atoms with Gasteiger partial charge in [-0.1, -0.05) is 42.0 Å². The van der Waals surface area contributed by atoms with Crippen molar-refractivity contribution in [2.45, 2.75) is 33.4 Å². The van der Waals surface area contributed by atoms with Gasteiger partial charge in [-0.15, -0.1) is 5.10 Å². The summed E-state index contributed by atoms with van der Waals surface area (Å²) in [4.78, 5) is 0. The molecular weight excluding hydrogens is 212 g/mol. The number of aromatic nitrogens is 3. The Hall–Kier alpha value is -1.68. The molecule has 0 bridgehead atoms. The third-order valence-corrected chi connectivity index (χ3v) is 2.86. The van der Waals surface area contributed by atoms with Gasteiger partial charge in [-0.05, 0) is 18.9 Å². The van der Waals surface area contributed by atoms with Gasteiger partial charge in [-0.25, -0.2) is 4.68 Å². The zero-order valence-electron chi connectivity index (χ0n) is 10.3. The van der Waals surface area contributed by atoms with Crippen LogP contribution in [-0.4, -0.2) is 15.0 Å². The van der Waals surface area contributed by atoms with E-state index in [0.717, 1.165) is 24.4 Å². The van der Waals surface area contributed by atoms with E-state index in [0.29, 0.717) is 6.54 Å². The molecule has 1 heterocycles. The van der Waals surface area contributed by atoms with Crippen LogP contribution in [0.4, 0.5) is 0 Å². The molecule has 0 spiro atoms. The smallest absolute Gasteiger partial charge is 0.0994 e. The Morgan fingerprint density at radius 3 is 2.82 bits per heavy atom. The molecule has 90 valence electrons. The zero-order chi connectivity index (χ0) is 12.3. The van der Waals surface area contributed by atoms with Crippen LogP contribution < -0.4 is 5.73 Å². The fourth-order valence-corrected chi connectivity index (χ4v) is 2.02. The van der Waals surface area contributed by atoms with Gasteiger partial charge < -0.3 is 5.73 Å². The maximum Gasteiger partial charge on any atom is 0.0994 e. The molecular formula is C13H18N4. The highest BCUT2D eigenvalue weighted by Crippen LogP contribution is 2.10. The minimum Gasteiger partial charge on any atom is -0.325 e. The second-order valence-electron chi connectivity index (χ2n) is 4.19. The number of aryl methyl sites for hydroxylation is 1. The van der Waals surface area contributed by atoms with Crippen LogP contribution >= 0.6 is 0 Å². The minimum absolute atomic E-state index is 0.455. The van der Waals surface area contributed by atoms with Gasteiger partial charge in [-0.3, -0.25) is 0 Å². The van der Waals surface area contributed by atoms with E-state index < -0.39 is 0 Å². The standard InChI is InChI=1S/C13H18N4/c1-3-13-12(8-14)15-16-17(13)9-11-6-4-5-10(2)7-11/h4-7H,3,8-9,14H2,1-2H3. The van der Waals surface area contributed by atoms with E-state index >= 15 is 0 Å². The third kappa shape index (κ3) is 2.53. The van der Waals surface area contributed by atoms with Crippen molar-refractivity contribution in [3.05, 3.63) is 46.8 Å². The normalized spacial score (nSPS) is 10.8. The first-order chi connectivity index (χ1) is 8.24. The largest absolute Gasteiger partial charge is 0.325 e. The summed E-state index contributed by atoms with van der Waals surface area (Å²) in [5, 5.41) is 8.28. The lowest BCUT2D eigenvalue weighted by molar-refractivity contribution is 0.622. The molecule has 0 fully saturated rings. The summed E-state index contributed by atoms with van der Waals surface area (Å²) in [6.45, 7) is 5.41. The first-order valence-electron chi connectivity index (χ1n) is 5.91. The van der Waals surface area contributed by atoms with Gasteiger partial charge in [0.15, 0.2) is 0 Å². The number of benzene rings is 1. The highest BCUT2D eigenvalue weighted by atomic mass is 15.4. The molecule has 2 N–H and O–H groups in total. The topological polar surface area (TPSA) is 56.7 Å². The molecule has 0 saturated heterocycles. The van der Waals surface area contributed by atoms with E-state index in [1.807, 2.05) is 4.68 Å². The molecule has 0 unspecified atom stereocenters. The molecule has 0 aliphatic carbocycles. The molecule has 0 saturated carbocycles. The maximum absolute atomic E-state index is 5.64. The molecule has 0 aliphatic rings. The Labute approximate surface area is 101 Å². The maximum atomic E-state index is 5.64. The molecule has 4 heteroatoms. The predicted molar refractivity (Wildman–Crippen MR) is 67.6 cm³/mol. The van der Waals surface area contributed by atoms with E-state index in [4.69, 9.17) is 5.73 Å². The summed E-state index contributed by atoms with van der Waals surface area (Å²) >= 11 is 0. The van der Waals surface area contributed by atoms with E-state index in [1.165, 1.54) is 11.1 Å². The van der Waals surface area contributed by atoms with Crippen LogP contribution in [0.5, 0.6) is 0 Å². The minimum atomic E-state index is 0.455. The van der Waals surface area contributed by atoms with Gasteiger partial charge in [0.25, 0.3) is 0 Å². The van der Waals surface area contributed by atoms with Crippen molar-refractivity contribution >= 4 is 0 Å². The number of nitrogens with zero attached hydrogens (tertiary/aromatic N) is 3. The molecule has 17 heavy (non-hydrogen) atoms. The first kappa shape index (κ1) is 11.8. The summed E-state index contributed by atoms with van der Waals surface area (Å²) in [6.07, 6.45) is 0.908. The quantitative estimate of drug-likeness (QED) is 0.869. The number of hydrogen-bond donors (Lipinski definition) is 1. The van der Waals surface area contributed by atoms with Gasteiger partial charge in [0.2, 0.25) is 0 Å². The van der Waals surface area contributed by atoms with Crippen molar-refractivity contribution in [2.24, 2.45) is 5.73 Å². The molecule has 0 amide bonds. The van der Waals surface area contributed by atoms with Gasteiger partial charge in [0.1, 0.15) is 0 Å². The van der Waals surface area contributed by atoms with Gasteiger partial charge >= 0.3 is 0 Å². The van der Waals surface area contributed by atoms with Crippen LogP contribution in [0.25, 0.3) is 0 Å². The Morgan fingerprint density at radius 1 is 1.35 bits per heavy atom. The monoisotopic (exact) mass is 230 g/mol. The number of rotatable bonds is 4. The van der Waals surface area contributed by atoms with Crippen LogP contribution in [-0.2, 0) is 19.5 Å². The molecule has 2 aromatic rings. The molecule has 0 aliphatic heterocycles. The summed E-state index contributed by atoms with van der Waals surface area (Å²) in [5.74, 6) is 0. The lowest BCUT2D eigenvalue weighted by Crippen LogP contribution is -2.08. The van der Waals surface area contributed by atoms with Crippen molar-refractivity contribution in [1.82, 2.24) is 15.0 Å². The number of nitrogens with two attached hydrogens (primary N) is 1. The van der Waals surface area contributed by atoms with Gasteiger partial charge in [0.05, 0.1) is 17.9 Å². The highest BCUT2D eigenvalue weighted by molar-refractivity contribution is 5.23. The van der Waals surface area contributed by atoms with Crippen LogP contribution in [0.2, 0.25) is 0 Å². The Kier molecular flexibility index (Phi) is 3.54. The van der Waals surface area contributed by atoms with Crippen molar-refractivity contribution in [3.8, 4) is 0 Å². The van der Waals surface area contributed by atoms with Crippen molar-refractivity contribution in [2.75, 3.05) is 0 Å². The average Bonchev–Trinajstić information content (AvgIpc) is 2.71. The second kappa shape index (κ2) is 5.10. The van der Waals surface area contributed by atoms with Gasteiger partial charge in [-0.2, -0.15) is 0 Å². The van der Waals surface area contributed by atoms with Crippen molar-refractivity contribution < 1.29 is 0 Å². The van der Waals surface area contributed by atoms with Gasteiger partial charge in [0, 0.05) is 6.54 Å². The molecule has 2 rings (SSSR count). The molecule has 0 atom stereocenters. The van der Waals surface area contributed by atoms with Crippen molar-refractivity contribution in [3.63, 3.8) is 0 Å². The predicted octanol–water partition coefficient (Wildman–Crippen LogP) is 1.66.